The summed E-state index contributed by atoms with van der Waals surface area (Å²) in [4.78, 5) is 2.24. The average molecular weight is 185 g/mol. The zero-order valence-electron chi connectivity index (χ0n) is 8.76. The first kappa shape index (κ1) is 11.0. The Kier molecular flexibility index (Phi) is 5.35. The molecule has 0 bridgehead atoms. The molecule has 0 radical (unpaired) electrons. The zero-order chi connectivity index (χ0) is 9.52. The average Bonchev–Trinajstić information content (AvgIpc) is 2.17. The van der Waals surface area contributed by atoms with Crippen molar-refractivity contribution in [1.82, 2.24) is 10.3 Å². The van der Waals surface area contributed by atoms with Gasteiger partial charge in [-0.3, -0.25) is 10.7 Å². The second kappa shape index (κ2) is 6.35. The van der Waals surface area contributed by atoms with Crippen LogP contribution in [0.3, 0.4) is 0 Å². The Morgan fingerprint density at radius 1 is 1.31 bits per heavy atom. The van der Waals surface area contributed by atoms with Crippen molar-refractivity contribution < 1.29 is 0 Å². The smallest absolute Gasteiger partial charge is 0.0609 e. The first-order chi connectivity index (χ1) is 6.33. The van der Waals surface area contributed by atoms with Crippen LogP contribution in [0.5, 0.6) is 0 Å². The molecule has 1 rings (SSSR count). The first-order valence-corrected chi connectivity index (χ1v) is 5.45. The third-order valence-electron chi connectivity index (χ3n) is 3.01. The van der Waals surface area contributed by atoms with E-state index in [0.29, 0.717) is 0 Å². The SMILES string of the molecule is CN(CCC1CCCCC1)CNN. The number of hydrogen-bond acceptors (Lipinski definition) is 3. The maximum Gasteiger partial charge on any atom is 0.0609 e. The van der Waals surface area contributed by atoms with Crippen molar-refractivity contribution in [2.75, 3.05) is 20.3 Å². The maximum atomic E-state index is 5.25. The molecule has 13 heavy (non-hydrogen) atoms. The van der Waals surface area contributed by atoms with E-state index in [4.69, 9.17) is 5.84 Å². The molecule has 0 atom stereocenters. The number of nitrogens with two attached hydrogens (primary N) is 1. The molecule has 0 spiro atoms. The van der Waals surface area contributed by atoms with Gasteiger partial charge in [-0.15, -0.1) is 0 Å². The molecule has 0 unspecified atom stereocenters. The molecule has 1 saturated carbocycles. The third kappa shape index (κ3) is 4.60. The molecule has 0 aliphatic heterocycles. The summed E-state index contributed by atoms with van der Waals surface area (Å²) in [5, 5.41) is 0. The number of hydrazine groups is 1. The van der Waals surface area contributed by atoms with Gasteiger partial charge in [-0.1, -0.05) is 32.1 Å². The van der Waals surface area contributed by atoms with Gasteiger partial charge in [0.1, 0.15) is 0 Å². The second-order valence-electron chi connectivity index (χ2n) is 4.23. The predicted octanol–water partition coefficient (Wildman–Crippen LogP) is 1.31. The van der Waals surface area contributed by atoms with Crippen molar-refractivity contribution in [3.8, 4) is 0 Å². The van der Waals surface area contributed by atoms with Crippen LogP contribution in [0.25, 0.3) is 0 Å². The molecular formula is C10H23N3. The van der Waals surface area contributed by atoms with Crippen LogP contribution in [0.4, 0.5) is 0 Å². The molecule has 0 aromatic rings. The van der Waals surface area contributed by atoms with E-state index in [1.54, 1.807) is 0 Å². The summed E-state index contributed by atoms with van der Waals surface area (Å²) in [6, 6.07) is 0. The zero-order valence-corrected chi connectivity index (χ0v) is 8.76. The van der Waals surface area contributed by atoms with Crippen molar-refractivity contribution in [2.24, 2.45) is 11.8 Å². The van der Waals surface area contributed by atoms with Gasteiger partial charge in [-0.05, 0) is 25.9 Å². The second-order valence-corrected chi connectivity index (χ2v) is 4.23. The Hall–Kier alpha value is -0.120. The highest BCUT2D eigenvalue weighted by atomic mass is 15.3. The van der Waals surface area contributed by atoms with Gasteiger partial charge in [0.15, 0.2) is 0 Å². The minimum absolute atomic E-state index is 0.798. The molecule has 0 saturated heterocycles. The van der Waals surface area contributed by atoms with Crippen molar-refractivity contribution >= 4 is 0 Å². The lowest BCUT2D eigenvalue weighted by Gasteiger charge is -2.24. The van der Waals surface area contributed by atoms with E-state index in [-0.39, 0.29) is 0 Å². The van der Waals surface area contributed by atoms with E-state index in [0.717, 1.165) is 12.6 Å². The molecule has 3 nitrogen and oxygen atoms in total. The molecule has 0 amide bonds. The van der Waals surface area contributed by atoms with E-state index in [1.807, 2.05) is 0 Å². The molecule has 78 valence electrons. The summed E-state index contributed by atoms with van der Waals surface area (Å²) in [5.41, 5.74) is 2.68. The van der Waals surface area contributed by atoms with Crippen LogP contribution in [0.15, 0.2) is 0 Å². The minimum atomic E-state index is 0.798. The summed E-state index contributed by atoms with van der Waals surface area (Å²) in [5.74, 6) is 6.23. The van der Waals surface area contributed by atoms with Crippen LogP contribution < -0.4 is 11.3 Å². The van der Waals surface area contributed by atoms with E-state index < -0.39 is 0 Å². The highest BCUT2D eigenvalue weighted by Crippen LogP contribution is 2.26. The van der Waals surface area contributed by atoms with Crippen LogP contribution >= 0.6 is 0 Å². The van der Waals surface area contributed by atoms with Crippen LogP contribution in [0, 0.1) is 5.92 Å². The monoisotopic (exact) mass is 185 g/mol. The van der Waals surface area contributed by atoms with Crippen molar-refractivity contribution in [2.45, 2.75) is 38.5 Å². The third-order valence-corrected chi connectivity index (χ3v) is 3.01. The molecule has 0 aromatic heterocycles. The normalized spacial score (nSPS) is 19.6. The molecule has 3 heteroatoms. The van der Waals surface area contributed by atoms with E-state index >= 15 is 0 Å². The summed E-state index contributed by atoms with van der Waals surface area (Å²) in [7, 11) is 2.11. The summed E-state index contributed by atoms with van der Waals surface area (Å²) < 4.78 is 0. The Labute approximate surface area is 81.6 Å². The fourth-order valence-corrected chi connectivity index (χ4v) is 2.11. The maximum absolute atomic E-state index is 5.25. The molecule has 1 fully saturated rings. The van der Waals surface area contributed by atoms with E-state index in [9.17, 15) is 0 Å². The Balaban J connectivity index is 2.03. The van der Waals surface area contributed by atoms with Crippen molar-refractivity contribution in [3.63, 3.8) is 0 Å². The molecule has 3 N–H and O–H groups in total. The van der Waals surface area contributed by atoms with Crippen LogP contribution in [0.1, 0.15) is 38.5 Å². The number of nitrogens with zero attached hydrogens (tertiary/aromatic N) is 1. The molecular weight excluding hydrogens is 162 g/mol. The van der Waals surface area contributed by atoms with E-state index in [2.05, 4.69) is 17.4 Å². The number of hydrogen-bond donors (Lipinski definition) is 2. The lowest BCUT2D eigenvalue weighted by atomic mass is 9.87. The quantitative estimate of drug-likeness (QED) is 0.385. The first-order valence-electron chi connectivity index (χ1n) is 5.45. The highest BCUT2D eigenvalue weighted by molar-refractivity contribution is 4.66. The van der Waals surface area contributed by atoms with Crippen molar-refractivity contribution in [3.05, 3.63) is 0 Å². The number of rotatable bonds is 5. The van der Waals surface area contributed by atoms with Crippen molar-refractivity contribution in [1.29, 1.82) is 0 Å². The topological polar surface area (TPSA) is 41.3 Å². The fourth-order valence-electron chi connectivity index (χ4n) is 2.11. The Morgan fingerprint density at radius 3 is 2.62 bits per heavy atom. The highest BCUT2D eigenvalue weighted by Gasteiger charge is 2.13. The summed E-state index contributed by atoms with van der Waals surface area (Å²) in [6.45, 7) is 1.97. The molecule has 0 aromatic carbocycles. The number of nitrogens with one attached hydrogen (secondary N) is 1. The van der Waals surface area contributed by atoms with Crippen LogP contribution in [-0.4, -0.2) is 25.2 Å². The van der Waals surface area contributed by atoms with Gasteiger partial charge in [0, 0.05) is 0 Å². The minimum Gasteiger partial charge on any atom is -0.293 e. The van der Waals surface area contributed by atoms with Gasteiger partial charge in [-0.2, -0.15) is 0 Å². The molecule has 0 heterocycles. The van der Waals surface area contributed by atoms with Gasteiger partial charge in [0.05, 0.1) is 6.67 Å². The largest absolute Gasteiger partial charge is 0.293 e. The lowest BCUT2D eigenvalue weighted by molar-refractivity contribution is 0.253. The fraction of sp³-hybridized carbons (Fsp3) is 1.00. The van der Waals surface area contributed by atoms with Gasteiger partial charge in [0.2, 0.25) is 0 Å². The lowest BCUT2D eigenvalue weighted by Crippen LogP contribution is -2.36. The van der Waals surface area contributed by atoms with Gasteiger partial charge in [-0.25, -0.2) is 5.43 Å². The predicted molar refractivity (Wildman–Crippen MR) is 56.0 cm³/mol. The van der Waals surface area contributed by atoms with Gasteiger partial charge >= 0.3 is 0 Å². The molecule has 1 aliphatic rings. The molecule has 1 aliphatic carbocycles. The Bertz CT molecular complexity index is 121. The van der Waals surface area contributed by atoms with Crippen LogP contribution in [0.2, 0.25) is 0 Å². The van der Waals surface area contributed by atoms with E-state index in [1.165, 1.54) is 45.1 Å². The van der Waals surface area contributed by atoms with Crippen LogP contribution in [-0.2, 0) is 0 Å². The standard InChI is InChI=1S/C10H23N3/c1-13(9-12-11)8-7-10-5-3-2-4-6-10/h10,12H,2-9,11H2,1H3. The summed E-state index contributed by atoms with van der Waals surface area (Å²) in [6.07, 6.45) is 8.59. The van der Waals surface area contributed by atoms with Gasteiger partial charge < -0.3 is 0 Å². The van der Waals surface area contributed by atoms with Gasteiger partial charge in [0.25, 0.3) is 0 Å². The summed E-state index contributed by atoms with van der Waals surface area (Å²) >= 11 is 0. The Morgan fingerprint density at radius 2 is 2.00 bits per heavy atom.